The lowest BCUT2D eigenvalue weighted by Crippen LogP contribution is -2.27. The molecule has 0 fully saturated rings. The topological polar surface area (TPSA) is 75.6 Å². The highest BCUT2D eigenvalue weighted by Crippen LogP contribution is 2.15. The zero-order chi connectivity index (χ0) is 12.0. The van der Waals surface area contributed by atoms with Crippen LogP contribution in [0.1, 0.15) is 17.2 Å². The van der Waals surface area contributed by atoms with Gasteiger partial charge < -0.3 is 15.2 Å². The lowest BCUT2D eigenvalue weighted by atomic mass is 10.0. The molecule has 0 radical (unpaired) electrons. The maximum atomic E-state index is 10.9. The van der Waals surface area contributed by atoms with Crippen LogP contribution in [0, 0.1) is 0 Å². The van der Waals surface area contributed by atoms with Gasteiger partial charge in [0.05, 0.1) is 6.61 Å². The van der Waals surface area contributed by atoms with Crippen LogP contribution in [0.4, 0.5) is 0 Å². The summed E-state index contributed by atoms with van der Waals surface area (Å²) in [6, 6.07) is 5.88. The van der Waals surface area contributed by atoms with E-state index in [0.717, 1.165) is 5.56 Å². The molecule has 1 atom stereocenters. The van der Waals surface area contributed by atoms with E-state index in [1.807, 2.05) is 6.07 Å². The smallest absolute Gasteiger partial charge is 0.330 e. The van der Waals surface area contributed by atoms with E-state index in [4.69, 9.17) is 9.84 Å². The van der Waals surface area contributed by atoms with Crippen LogP contribution in [0.5, 0.6) is 0 Å². The average molecular weight is 223 g/mol. The third-order valence-electron chi connectivity index (χ3n) is 2.08. The number of carbonyl (C=O) groups excluding carboxylic acids is 1. The summed E-state index contributed by atoms with van der Waals surface area (Å²) in [5, 5.41) is 11.2. The third-order valence-corrected chi connectivity index (χ3v) is 2.08. The molecular formula is C11H13NO4. The van der Waals surface area contributed by atoms with E-state index in [1.54, 1.807) is 25.3 Å². The van der Waals surface area contributed by atoms with Gasteiger partial charge in [0.25, 0.3) is 0 Å². The van der Waals surface area contributed by atoms with Crippen molar-refractivity contribution in [2.75, 3.05) is 7.11 Å². The molecule has 0 aliphatic heterocycles. The van der Waals surface area contributed by atoms with Crippen molar-refractivity contribution in [3.05, 3.63) is 35.4 Å². The number of hydrogen-bond donors (Lipinski definition) is 2. The summed E-state index contributed by atoms with van der Waals surface area (Å²) in [4.78, 5) is 21.2. The Bertz CT molecular complexity index is 378. The number of amides is 1. The summed E-state index contributed by atoms with van der Waals surface area (Å²) in [7, 11) is 1.56. The van der Waals surface area contributed by atoms with Gasteiger partial charge in [-0.05, 0) is 11.1 Å². The van der Waals surface area contributed by atoms with Gasteiger partial charge in [0.2, 0.25) is 6.41 Å². The Hall–Kier alpha value is -1.88. The molecule has 0 saturated heterocycles. The van der Waals surface area contributed by atoms with Crippen LogP contribution in [0.15, 0.2) is 24.3 Å². The van der Waals surface area contributed by atoms with Crippen LogP contribution in [-0.2, 0) is 20.9 Å². The van der Waals surface area contributed by atoms with Gasteiger partial charge in [-0.2, -0.15) is 0 Å². The fourth-order valence-corrected chi connectivity index (χ4v) is 1.41. The SMILES string of the molecule is COCc1cccc(C(NC=O)C(=O)O)c1. The Kier molecular flexibility index (Phi) is 4.47. The molecule has 1 unspecified atom stereocenters. The van der Waals surface area contributed by atoms with Crippen LogP contribution in [0.3, 0.4) is 0 Å². The number of carbonyl (C=O) groups is 2. The molecule has 1 amide bonds. The standard InChI is InChI=1S/C11H13NO4/c1-16-6-8-3-2-4-9(5-8)10(11(14)15)12-7-13/h2-5,7,10H,6H2,1H3,(H,12,13)(H,14,15). The normalized spacial score (nSPS) is 11.8. The molecule has 1 aromatic carbocycles. The zero-order valence-corrected chi connectivity index (χ0v) is 8.84. The molecule has 86 valence electrons. The Morgan fingerprint density at radius 2 is 2.38 bits per heavy atom. The van der Waals surface area contributed by atoms with Gasteiger partial charge in [0.15, 0.2) is 6.04 Å². The van der Waals surface area contributed by atoms with Crippen molar-refractivity contribution in [2.24, 2.45) is 0 Å². The first-order valence-electron chi connectivity index (χ1n) is 4.69. The summed E-state index contributed by atoms with van der Waals surface area (Å²) < 4.78 is 4.95. The van der Waals surface area contributed by atoms with Crippen molar-refractivity contribution in [1.82, 2.24) is 5.32 Å². The maximum Gasteiger partial charge on any atom is 0.330 e. The first-order chi connectivity index (χ1) is 7.69. The van der Waals surface area contributed by atoms with Gasteiger partial charge in [0.1, 0.15) is 0 Å². The molecule has 2 N–H and O–H groups in total. The molecule has 0 aromatic heterocycles. The highest BCUT2D eigenvalue weighted by molar-refractivity contribution is 5.78. The number of hydrogen-bond acceptors (Lipinski definition) is 3. The second-order valence-corrected chi connectivity index (χ2v) is 3.23. The highest BCUT2D eigenvalue weighted by Gasteiger charge is 2.18. The predicted molar refractivity (Wildman–Crippen MR) is 56.7 cm³/mol. The molecule has 0 aliphatic rings. The second-order valence-electron chi connectivity index (χ2n) is 3.23. The molecule has 1 rings (SSSR count). The Labute approximate surface area is 93.0 Å². The number of rotatable bonds is 6. The van der Waals surface area contributed by atoms with Crippen molar-refractivity contribution < 1.29 is 19.4 Å². The Balaban J connectivity index is 2.94. The van der Waals surface area contributed by atoms with E-state index in [0.29, 0.717) is 18.6 Å². The molecular weight excluding hydrogens is 210 g/mol. The van der Waals surface area contributed by atoms with Crippen LogP contribution < -0.4 is 5.32 Å². The van der Waals surface area contributed by atoms with E-state index in [-0.39, 0.29) is 0 Å². The molecule has 0 spiro atoms. The van der Waals surface area contributed by atoms with E-state index < -0.39 is 12.0 Å². The van der Waals surface area contributed by atoms with E-state index in [2.05, 4.69) is 5.32 Å². The van der Waals surface area contributed by atoms with Crippen molar-refractivity contribution in [2.45, 2.75) is 12.6 Å². The number of ether oxygens (including phenoxy) is 1. The van der Waals surface area contributed by atoms with Crippen molar-refractivity contribution in [3.8, 4) is 0 Å². The quantitative estimate of drug-likeness (QED) is 0.696. The summed E-state index contributed by atoms with van der Waals surface area (Å²) >= 11 is 0. The van der Waals surface area contributed by atoms with Crippen LogP contribution in [-0.4, -0.2) is 24.6 Å². The summed E-state index contributed by atoms with van der Waals surface area (Å²) in [6.45, 7) is 0.404. The van der Waals surface area contributed by atoms with Crippen LogP contribution >= 0.6 is 0 Å². The van der Waals surface area contributed by atoms with Gasteiger partial charge in [-0.3, -0.25) is 4.79 Å². The molecule has 0 aliphatic carbocycles. The first kappa shape index (κ1) is 12.2. The van der Waals surface area contributed by atoms with Crippen molar-refractivity contribution in [3.63, 3.8) is 0 Å². The number of nitrogens with one attached hydrogen (secondary N) is 1. The Morgan fingerprint density at radius 3 is 2.94 bits per heavy atom. The number of aliphatic carboxylic acids is 1. The molecule has 5 nitrogen and oxygen atoms in total. The fraction of sp³-hybridized carbons (Fsp3) is 0.273. The van der Waals surface area contributed by atoms with Crippen LogP contribution in [0.2, 0.25) is 0 Å². The summed E-state index contributed by atoms with van der Waals surface area (Å²) in [5.74, 6) is -1.10. The minimum Gasteiger partial charge on any atom is -0.479 e. The molecule has 1 aromatic rings. The van der Waals surface area contributed by atoms with Gasteiger partial charge in [-0.25, -0.2) is 4.79 Å². The first-order valence-corrected chi connectivity index (χ1v) is 4.69. The third kappa shape index (κ3) is 3.06. The highest BCUT2D eigenvalue weighted by atomic mass is 16.5. The molecule has 5 heteroatoms. The molecule has 0 saturated carbocycles. The predicted octanol–water partition coefficient (Wildman–Crippen LogP) is 0.705. The van der Waals surface area contributed by atoms with Gasteiger partial charge in [-0.1, -0.05) is 24.3 Å². The molecule has 0 heterocycles. The second kappa shape index (κ2) is 5.87. The largest absolute Gasteiger partial charge is 0.479 e. The summed E-state index contributed by atoms with van der Waals surface area (Å²) in [5.41, 5.74) is 1.38. The average Bonchev–Trinajstić information content (AvgIpc) is 2.26. The van der Waals surface area contributed by atoms with Gasteiger partial charge in [-0.15, -0.1) is 0 Å². The number of carboxylic acid groups (broad SMARTS) is 1. The maximum absolute atomic E-state index is 10.9. The molecule has 16 heavy (non-hydrogen) atoms. The fourth-order valence-electron chi connectivity index (χ4n) is 1.41. The lowest BCUT2D eigenvalue weighted by molar-refractivity contribution is -0.140. The monoisotopic (exact) mass is 223 g/mol. The van der Waals surface area contributed by atoms with Gasteiger partial charge >= 0.3 is 5.97 Å². The van der Waals surface area contributed by atoms with E-state index in [1.165, 1.54) is 0 Å². The van der Waals surface area contributed by atoms with Crippen molar-refractivity contribution >= 4 is 12.4 Å². The lowest BCUT2D eigenvalue weighted by Gasteiger charge is -2.12. The summed E-state index contributed by atoms with van der Waals surface area (Å²) in [6.07, 6.45) is 0.377. The number of carboxylic acids is 1. The minimum absolute atomic E-state index is 0.377. The minimum atomic E-state index is -1.10. The number of benzene rings is 1. The Morgan fingerprint density at radius 1 is 1.62 bits per heavy atom. The van der Waals surface area contributed by atoms with Crippen LogP contribution in [0.25, 0.3) is 0 Å². The van der Waals surface area contributed by atoms with Gasteiger partial charge in [0, 0.05) is 7.11 Å². The number of methoxy groups -OCH3 is 1. The van der Waals surface area contributed by atoms with Crippen molar-refractivity contribution in [1.29, 1.82) is 0 Å². The zero-order valence-electron chi connectivity index (χ0n) is 8.84. The molecule has 0 bridgehead atoms. The van der Waals surface area contributed by atoms with E-state index >= 15 is 0 Å². The van der Waals surface area contributed by atoms with E-state index in [9.17, 15) is 9.59 Å².